The highest BCUT2D eigenvalue weighted by Gasteiger charge is 2.43. The SMILES string of the molecule is CCCCOc1cccc(C2c3c(oc4ccc(F)cc4c3=O)C(=O)N2c2ccc(OC)cc2)c1. The summed E-state index contributed by atoms with van der Waals surface area (Å²) >= 11 is 0. The van der Waals surface area contributed by atoms with Crippen molar-refractivity contribution in [3.05, 3.63) is 99.7 Å². The Hall–Kier alpha value is -4.13. The third-order valence-corrected chi connectivity index (χ3v) is 6.12. The van der Waals surface area contributed by atoms with Gasteiger partial charge in [0.2, 0.25) is 5.76 Å². The number of unbranched alkanes of at least 4 members (excludes halogenated alkanes) is 1. The number of benzene rings is 3. The molecule has 0 saturated carbocycles. The number of carbonyl (C=O) groups excluding carboxylic acids is 1. The molecule has 6 nitrogen and oxygen atoms in total. The van der Waals surface area contributed by atoms with Gasteiger partial charge in [-0.1, -0.05) is 25.5 Å². The molecular weight excluding hydrogens is 449 g/mol. The molecule has 5 rings (SSSR count). The first-order valence-corrected chi connectivity index (χ1v) is 11.5. The van der Waals surface area contributed by atoms with Gasteiger partial charge in [-0.15, -0.1) is 0 Å². The Labute approximate surface area is 201 Å². The molecule has 0 N–H and O–H groups in total. The molecule has 0 saturated heterocycles. The van der Waals surface area contributed by atoms with Gasteiger partial charge in [0.15, 0.2) is 5.43 Å². The summed E-state index contributed by atoms with van der Waals surface area (Å²) in [6.45, 7) is 2.65. The van der Waals surface area contributed by atoms with Crippen LogP contribution in [-0.4, -0.2) is 19.6 Å². The van der Waals surface area contributed by atoms with Crippen molar-refractivity contribution in [2.45, 2.75) is 25.8 Å². The van der Waals surface area contributed by atoms with Gasteiger partial charge >= 0.3 is 0 Å². The van der Waals surface area contributed by atoms with E-state index in [1.54, 1.807) is 31.4 Å². The zero-order valence-corrected chi connectivity index (χ0v) is 19.4. The van der Waals surface area contributed by atoms with Crippen molar-refractivity contribution in [2.24, 2.45) is 0 Å². The van der Waals surface area contributed by atoms with Gasteiger partial charge in [0.05, 0.1) is 30.7 Å². The number of anilines is 1. The number of halogens is 1. The highest BCUT2D eigenvalue weighted by atomic mass is 19.1. The lowest BCUT2D eigenvalue weighted by Gasteiger charge is -2.25. The van der Waals surface area contributed by atoms with Crippen LogP contribution >= 0.6 is 0 Å². The van der Waals surface area contributed by atoms with Crippen LogP contribution in [0.2, 0.25) is 0 Å². The lowest BCUT2D eigenvalue weighted by molar-refractivity contribution is 0.0971. The lowest BCUT2D eigenvalue weighted by atomic mass is 9.98. The van der Waals surface area contributed by atoms with Crippen LogP contribution in [0.3, 0.4) is 0 Å². The van der Waals surface area contributed by atoms with Crippen molar-refractivity contribution in [1.82, 2.24) is 0 Å². The van der Waals surface area contributed by atoms with Crippen molar-refractivity contribution in [1.29, 1.82) is 0 Å². The molecule has 2 heterocycles. The fourth-order valence-electron chi connectivity index (χ4n) is 4.38. The van der Waals surface area contributed by atoms with E-state index in [1.165, 1.54) is 17.0 Å². The molecule has 0 radical (unpaired) electrons. The van der Waals surface area contributed by atoms with Crippen molar-refractivity contribution < 1.29 is 23.1 Å². The lowest BCUT2D eigenvalue weighted by Crippen LogP contribution is -2.29. The smallest absolute Gasteiger partial charge is 0.295 e. The first kappa shape index (κ1) is 22.7. The number of hydrogen-bond acceptors (Lipinski definition) is 5. The molecule has 0 aliphatic carbocycles. The average molecular weight is 474 g/mol. The Balaban J connectivity index is 1.70. The Kier molecular flexibility index (Phi) is 5.99. The van der Waals surface area contributed by atoms with Crippen LogP contribution in [0.5, 0.6) is 11.5 Å². The van der Waals surface area contributed by atoms with E-state index in [2.05, 4.69) is 6.92 Å². The molecule has 35 heavy (non-hydrogen) atoms. The standard InChI is InChI=1S/C28H24FNO5/c1-3-4-14-34-21-7-5-6-17(15-21)25-24-26(31)22-16-18(29)8-13-23(22)35-27(24)28(32)30(25)19-9-11-20(33-2)12-10-19/h5-13,15-16,25H,3-4,14H2,1-2H3. The van der Waals surface area contributed by atoms with E-state index in [4.69, 9.17) is 13.9 Å². The number of fused-ring (bicyclic) bond motifs is 2. The van der Waals surface area contributed by atoms with Gasteiger partial charge in [0.1, 0.15) is 22.9 Å². The molecule has 1 aromatic heterocycles. The van der Waals surface area contributed by atoms with Crippen LogP contribution in [-0.2, 0) is 0 Å². The van der Waals surface area contributed by atoms with Crippen LogP contribution in [0.1, 0.15) is 47.5 Å². The predicted molar refractivity (Wildman–Crippen MR) is 131 cm³/mol. The fraction of sp³-hybridized carbons (Fsp3) is 0.214. The summed E-state index contributed by atoms with van der Waals surface area (Å²) in [5, 5.41) is 0.0912. The molecule has 4 aromatic rings. The number of carbonyl (C=O) groups is 1. The summed E-state index contributed by atoms with van der Waals surface area (Å²) in [4.78, 5) is 28.8. The van der Waals surface area contributed by atoms with Gasteiger partial charge in [0.25, 0.3) is 5.91 Å². The van der Waals surface area contributed by atoms with Gasteiger partial charge in [-0.3, -0.25) is 14.5 Å². The minimum Gasteiger partial charge on any atom is -0.497 e. The van der Waals surface area contributed by atoms with Crippen LogP contribution in [0.15, 0.2) is 75.9 Å². The molecule has 1 aliphatic heterocycles. The largest absolute Gasteiger partial charge is 0.497 e. The molecule has 1 unspecified atom stereocenters. The normalized spacial score (nSPS) is 14.9. The maximum Gasteiger partial charge on any atom is 0.295 e. The van der Waals surface area contributed by atoms with Gasteiger partial charge in [0, 0.05) is 5.69 Å². The molecule has 0 spiro atoms. The summed E-state index contributed by atoms with van der Waals surface area (Å²) in [5.74, 6) is 0.228. The van der Waals surface area contributed by atoms with Crippen LogP contribution in [0.4, 0.5) is 10.1 Å². The summed E-state index contributed by atoms with van der Waals surface area (Å²) in [6, 6.07) is 17.3. The molecule has 1 amide bonds. The first-order chi connectivity index (χ1) is 17.0. The highest BCUT2D eigenvalue weighted by molar-refractivity contribution is 6.10. The Morgan fingerprint density at radius 1 is 1.00 bits per heavy atom. The number of rotatable bonds is 7. The second-order valence-corrected chi connectivity index (χ2v) is 8.36. The highest BCUT2D eigenvalue weighted by Crippen LogP contribution is 2.42. The minimum atomic E-state index is -0.774. The van der Waals surface area contributed by atoms with E-state index in [0.29, 0.717) is 29.4 Å². The van der Waals surface area contributed by atoms with Gasteiger partial charge in [-0.25, -0.2) is 4.39 Å². The van der Waals surface area contributed by atoms with Gasteiger partial charge in [-0.05, 0) is 66.6 Å². The van der Waals surface area contributed by atoms with E-state index in [-0.39, 0.29) is 22.3 Å². The monoisotopic (exact) mass is 473 g/mol. The van der Waals surface area contributed by atoms with Crippen LogP contribution in [0, 0.1) is 5.82 Å². The number of nitrogens with zero attached hydrogens (tertiary/aromatic N) is 1. The summed E-state index contributed by atoms with van der Waals surface area (Å²) < 4.78 is 31.0. The Morgan fingerprint density at radius 3 is 2.54 bits per heavy atom. The summed E-state index contributed by atoms with van der Waals surface area (Å²) in [7, 11) is 1.56. The van der Waals surface area contributed by atoms with E-state index in [0.717, 1.165) is 18.9 Å². The van der Waals surface area contributed by atoms with Gasteiger partial charge in [-0.2, -0.15) is 0 Å². The molecule has 0 fully saturated rings. The average Bonchev–Trinajstić information content (AvgIpc) is 3.17. The molecule has 1 aliphatic rings. The molecule has 0 bridgehead atoms. The predicted octanol–water partition coefficient (Wildman–Crippen LogP) is 5.87. The Bertz CT molecular complexity index is 1460. The second kappa shape index (κ2) is 9.25. The number of methoxy groups -OCH3 is 1. The minimum absolute atomic E-state index is 0.0489. The third-order valence-electron chi connectivity index (χ3n) is 6.12. The maximum atomic E-state index is 14.0. The molecular formula is C28H24FNO5. The number of amides is 1. The van der Waals surface area contributed by atoms with E-state index < -0.39 is 23.2 Å². The van der Waals surface area contributed by atoms with Crippen molar-refractivity contribution >= 4 is 22.6 Å². The van der Waals surface area contributed by atoms with Crippen LogP contribution in [0.25, 0.3) is 11.0 Å². The number of hydrogen-bond donors (Lipinski definition) is 0. The van der Waals surface area contributed by atoms with Crippen molar-refractivity contribution in [3.8, 4) is 11.5 Å². The first-order valence-electron chi connectivity index (χ1n) is 11.5. The molecule has 3 aromatic carbocycles. The van der Waals surface area contributed by atoms with E-state index in [1.807, 2.05) is 24.3 Å². The fourth-order valence-corrected chi connectivity index (χ4v) is 4.38. The molecule has 7 heteroatoms. The second-order valence-electron chi connectivity index (χ2n) is 8.36. The zero-order valence-electron chi connectivity index (χ0n) is 19.4. The van der Waals surface area contributed by atoms with Crippen LogP contribution < -0.4 is 19.8 Å². The maximum absolute atomic E-state index is 14.0. The van der Waals surface area contributed by atoms with Crippen molar-refractivity contribution in [2.75, 3.05) is 18.6 Å². The number of ether oxygens (including phenoxy) is 2. The summed E-state index contributed by atoms with van der Waals surface area (Å²) in [6.07, 6.45) is 1.91. The van der Waals surface area contributed by atoms with Gasteiger partial charge < -0.3 is 13.9 Å². The zero-order chi connectivity index (χ0) is 24.5. The van der Waals surface area contributed by atoms with E-state index in [9.17, 15) is 14.0 Å². The molecule has 178 valence electrons. The Morgan fingerprint density at radius 2 is 1.80 bits per heavy atom. The quantitative estimate of drug-likeness (QED) is 0.314. The van der Waals surface area contributed by atoms with Crippen molar-refractivity contribution in [3.63, 3.8) is 0 Å². The molecule has 1 atom stereocenters. The summed E-state index contributed by atoms with van der Waals surface area (Å²) in [5.41, 5.74) is 1.15. The topological polar surface area (TPSA) is 69.0 Å². The van der Waals surface area contributed by atoms with E-state index >= 15 is 0 Å². The third kappa shape index (κ3) is 4.03.